The molecule has 0 spiro atoms. The van der Waals surface area contributed by atoms with Crippen LogP contribution >= 0.6 is 0 Å². The number of rotatable bonds is 0. The maximum atomic E-state index is 3.90. The van der Waals surface area contributed by atoms with E-state index in [-0.39, 0.29) is 0 Å². The van der Waals surface area contributed by atoms with Gasteiger partial charge >= 0.3 is 0 Å². The minimum atomic E-state index is 0.756. The molecule has 0 aromatic rings. The third-order valence-electron chi connectivity index (χ3n) is 7.01. The van der Waals surface area contributed by atoms with Gasteiger partial charge in [0.15, 0.2) is 0 Å². The molecule has 3 N–H and O–H groups in total. The highest BCUT2D eigenvalue weighted by Crippen LogP contribution is 2.36. The molecule has 0 aromatic heterocycles. The Hall–Kier alpha value is -0.120. The van der Waals surface area contributed by atoms with E-state index < -0.39 is 0 Å². The van der Waals surface area contributed by atoms with Gasteiger partial charge in [-0.15, -0.1) is 0 Å². The summed E-state index contributed by atoms with van der Waals surface area (Å²) >= 11 is 0. The lowest BCUT2D eigenvalue weighted by Crippen LogP contribution is -2.47. The lowest BCUT2D eigenvalue weighted by molar-refractivity contribution is 0.207. The van der Waals surface area contributed by atoms with Gasteiger partial charge in [0.25, 0.3) is 0 Å². The van der Waals surface area contributed by atoms with Crippen LogP contribution in [0.3, 0.4) is 0 Å². The number of hydrogen-bond acceptors (Lipinski definition) is 3. The van der Waals surface area contributed by atoms with E-state index in [2.05, 4.69) is 16.0 Å². The van der Waals surface area contributed by atoms with Crippen LogP contribution in [0.4, 0.5) is 0 Å². The fourth-order valence-electron chi connectivity index (χ4n) is 5.59. The van der Waals surface area contributed by atoms with E-state index in [0.717, 1.165) is 35.9 Å². The molecule has 6 unspecified atom stereocenters. The fourth-order valence-corrected chi connectivity index (χ4v) is 5.59. The Labute approximate surface area is 136 Å². The molecule has 0 aromatic carbocycles. The molecular formula is C19H35N3. The van der Waals surface area contributed by atoms with Crippen molar-refractivity contribution in [2.75, 3.05) is 19.6 Å². The summed E-state index contributed by atoms with van der Waals surface area (Å²) in [6.07, 6.45) is 14.5. The Morgan fingerprint density at radius 1 is 0.636 bits per heavy atom. The minimum absolute atomic E-state index is 0.756. The minimum Gasteiger partial charge on any atom is -0.316 e. The van der Waals surface area contributed by atoms with Gasteiger partial charge in [-0.1, -0.05) is 38.5 Å². The van der Waals surface area contributed by atoms with E-state index in [1.165, 1.54) is 83.8 Å². The van der Waals surface area contributed by atoms with E-state index >= 15 is 0 Å². The number of fused-ring (bicyclic) bond motifs is 4. The van der Waals surface area contributed by atoms with Gasteiger partial charge in [-0.2, -0.15) is 0 Å². The van der Waals surface area contributed by atoms with Gasteiger partial charge in [-0.3, -0.25) is 0 Å². The first-order valence-electron chi connectivity index (χ1n) is 10.1. The molecule has 0 bridgehead atoms. The van der Waals surface area contributed by atoms with Crippen molar-refractivity contribution in [2.45, 2.75) is 82.3 Å². The zero-order valence-electron chi connectivity index (χ0n) is 14.2. The van der Waals surface area contributed by atoms with Gasteiger partial charge in [0.05, 0.1) is 0 Å². The van der Waals surface area contributed by atoms with E-state index in [9.17, 15) is 0 Å². The van der Waals surface area contributed by atoms with Crippen LogP contribution in [0.25, 0.3) is 0 Å². The number of hydrogen-bond donors (Lipinski definition) is 3. The second-order valence-corrected chi connectivity index (χ2v) is 8.41. The Morgan fingerprint density at radius 3 is 2.32 bits per heavy atom. The zero-order chi connectivity index (χ0) is 14.8. The van der Waals surface area contributed by atoms with Crippen molar-refractivity contribution in [3.05, 3.63) is 0 Å². The quantitative estimate of drug-likeness (QED) is 0.603. The maximum absolute atomic E-state index is 3.90. The van der Waals surface area contributed by atoms with Crippen LogP contribution in [0, 0.1) is 17.8 Å². The highest BCUT2D eigenvalue weighted by Gasteiger charge is 2.48. The summed E-state index contributed by atoms with van der Waals surface area (Å²) in [5, 5.41) is 11.5. The van der Waals surface area contributed by atoms with Gasteiger partial charge in [0, 0.05) is 30.6 Å². The Kier molecular flexibility index (Phi) is 5.04. The van der Waals surface area contributed by atoms with E-state index in [0.29, 0.717) is 0 Å². The molecule has 4 aliphatic rings. The first-order chi connectivity index (χ1) is 10.9. The third kappa shape index (κ3) is 3.52. The van der Waals surface area contributed by atoms with Gasteiger partial charge in [0.2, 0.25) is 0 Å². The summed E-state index contributed by atoms with van der Waals surface area (Å²) in [5.74, 6) is 2.80. The van der Waals surface area contributed by atoms with Crippen molar-refractivity contribution in [1.29, 1.82) is 0 Å². The Balaban J connectivity index is 1.38. The average Bonchev–Trinajstić information content (AvgIpc) is 3.32. The maximum Gasteiger partial charge on any atom is 0.0279 e. The molecule has 2 aliphatic carbocycles. The molecule has 6 atom stereocenters. The van der Waals surface area contributed by atoms with Crippen molar-refractivity contribution in [1.82, 2.24) is 16.0 Å². The topological polar surface area (TPSA) is 46.0 Å². The summed E-state index contributed by atoms with van der Waals surface area (Å²) in [5.41, 5.74) is 0. The Morgan fingerprint density at radius 2 is 1.41 bits per heavy atom. The average molecular weight is 306 g/mol. The van der Waals surface area contributed by atoms with Crippen LogP contribution in [0.15, 0.2) is 0 Å². The molecule has 4 rings (SSSR count). The van der Waals surface area contributed by atoms with Gasteiger partial charge in [-0.25, -0.2) is 0 Å². The predicted molar refractivity (Wildman–Crippen MR) is 92.0 cm³/mol. The molecule has 0 amide bonds. The smallest absolute Gasteiger partial charge is 0.0279 e. The lowest BCUT2D eigenvalue weighted by atomic mass is 9.76. The summed E-state index contributed by atoms with van der Waals surface area (Å²) < 4.78 is 0. The molecule has 0 radical (unpaired) electrons. The molecule has 4 fully saturated rings. The first-order valence-corrected chi connectivity index (χ1v) is 10.1. The molecule has 2 saturated carbocycles. The molecule has 22 heavy (non-hydrogen) atoms. The molecule has 2 aliphatic heterocycles. The van der Waals surface area contributed by atoms with Crippen molar-refractivity contribution < 1.29 is 0 Å². The van der Waals surface area contributed by atoms with E-state index in [4.69, 9.17) is 0 Å². The van der Waals surface area contributed by atoms with Crippen molar-refractivity contribution in [3.63, 3.8) is 0 Å². The van der Waals surface area contributed by atoms with Crippen LogP contribution in [0.1, 0.15) is 64.2 Å². The highest BCUT2D eigenvalue weighted by atomic mass is 15.2. The van der Waals surface area contributed by atoms with Crippen LogP contribution in [0.2, 0.25) is 0 Å². The van der Waals surface area contributed by atoms with Gasteiger partial charge < -0.3 is 16.0 Å². The largest absolute Gasteiger partial charge is 0.316 e. The van der Waals surface area contributed by atoms with E-state index in [1.807, 2.05) is 0 Å². The number of nitrogens with one attached hydrogen (secondary N) is 3. The second kappa shape index (κ2) is 7.19. The van der Waals surface area contributed by atoms with Crippen LogP contribution in [-0.4, -0.2) is 37.8 Å². The summed E-state index contributed by atoms with van der Waals surface area (Å²) in [7, 11) is 0. The zero-order valence-corrected chi connectivity index (χ0v) is 14.2. The first kappa shape index (κ1) is 15.4. The van der Waals surface area contributed by atoms with Crippen LogP contribution in [0.5, 0.6) is 0 Å². The summed E-state index contributed by atoms with van der Waals surface area (Å²) in [6.45, 7) is 3.76. The summed E-state index contributed by atoms with van der Waals surface area (Å²) in [6, 6.07) is 2.42. The molecule has 2 heterocycles. The third-order valence-corrected chi connectivity index (χ3v) is 7.01. The molecular weight excluding hydrogens is 270 g/mol. The van der Waals surface area contributed by atoms with Crippen molar-refractivity contribution >= 4 is 0 Å². The standard InChI is InChI=1S/C19H35N3/c1-2-6-14-7-3-4-8-15(14)12-20-13-16-17(21-11-5-1)9-10-18-19(16)22-18/h14-22H,1-13H2. The molecule has 126 valence electrons. The van der Waals surface area contributed by atoms with Crippen molar-refractivity contribution in [2.24, 2.45) is 17.8 Å². The normalized spacial score (nSPS) is 46.9. The van der Waals surface area contributed by atoms with E-state index in [1.54, 1.807) is 0 Å². The van der Waals surface area contributed by atoms with Gasteiger partial charge in [0.1, 0.15) is 0 Å². The predicted octanol–water partition coefficient (Wildman–Crippen LogP) is 2.67. The molecule has 2 saturated heterocycles. The Bertz CT molecular complexity index is 359. The molecule has 3 heteroatoms. The molecule has 3 nitrogen and oxygen atoms in total. The fraction of sp³-hybridized carbons (Fsp3) is 1.00. The summed E-state index contributed by atoms with van der Waals surface area (Å²) in [4.78, 5) is 0. The van der Waals surface area contributed by atoms with Crippen LogP contribution < -0.4 is 16.0 Å². The second-order valence-electron chi connectivity index (χ2n) is 8.41. The van der Waals surface area contributed by atoms with Crippen molar-refractivity contribution in [3.8, 4) is 0 Å². The highest BCUT2D eigenvalue weighted by molar-refractivity contribution is 5.10. The monoisotopic (exact) mass is 305 g/mol. The SMILES string of the molecule is C1CCNC2CCC3NC3C2CNCC2CCCCC2CC1. The lowest BCUT2D eigenvalue weighted by Gasteiger charge is -2.34. The van der Waals surface area contributed by atoms with Gasteiger partial charge in [-0.05, 0) is 50.6 Å². The van der Waals surface area contributed by atoms with Crippen LogP contribution in [-0.2, 0) is 0 Å².